The van der Waals surface area contributed by atoms with Gasteiger partial charge in [-0.25, -0.2) is 9.37 Å². The lowest BCUT2D eigenvalue weighted by atomic mass is 9.78. The number of aromatic nitrogens is 1. The Kier molecular flexibility index (Phi) is 5.30. The lowest BCUT2D eigenvalue weighted by Crippen LogP contribution is -2.49. The van der Waals surface area contributed by atoms with Gasteiger partial charge in [-0.05, 0) is 37.5 Å². The van der Waals surface area contributed by atoms with Crippen molar-refractivity contribution in [1.29, 1.82) is 0 Å². The van der Waals surface area contributed by atoms with Gasteiger partial charge in [0.05, 0.1) is 19.6 Å². The summed E-state index contributed by atoms with van der Waals surface area (Å²) in [7, 11) is 3.21. The van der Waals surface area contributed by atoms with Crippen molar-refractivity contribution in [2.75, 3.05) is 38.8 Å². The summed E-state index contributed by atoms with van der Waals surface area (Å²) in [6.07, 6.45) is 4.06. The van der Waals surface area contributed by atoms with Crippen LogP contribution < -0.4 is 14.4 Å². The number of hydrogen-bond acceptors (Lipinski definition) is 5. The van der Waals surface area contributed by atoms with Gasteiger partial charge in [-0.1, -0.05) is 12.1 Å². The standard InChI is InChI=1S/C22H26FN3O3/c1-28-18-8-3-6-16(19(18)29-2)14-25-12-5-9-22(21(25)27)10-13-26(15-22)20-17(23)7-4-11-24-20/h3-4,6-8,11H,5,9-10,12-15H2,1-2H3/t22-/m0/s1. The van der Waals surface area contributed by atoms with Gasteiger partial charge in [0, 0.05) is 37.9 Å². The molecule has 1 aromatic heterocycles. The minimum Gasteiger partial charge on any atom is -0.493 e. The van der Waals surface area contributed by atoms with Gasteiger partial charge in [0.2, 0.25) is 5.91 Å². The fourth-order valence-electron chi connectivity index (χ4n) is 4.63. The van der Waals surface area contributed by atoms with Gasteiger partial charge in [0.1, 0.15) is 0 Å². The summed E-state index contributed by atoms with van der Waals surface area (Å²) in [6, 6.07) is 8.71. The van der Waals surface area contributed by atoms with E-state index in [4.69, 9.17) is 9.47 Å². The van der Waals surface area contributed by atoms with Crippen molar-refractivity contribution >= 4 is 11.7 Å². The van der Waals surface area contributed by atoms with E-state index >= 15 is 0 Å². The number of ether oxygens (including phenoxy) is 2. The Morgan fingerprint density at radius 2 is 2.00 bits per heavy atom. The largest absolute Gasteiger partial charge is 0.493 e. The molecule has 1 atom stereocenters. The average molecular weight is 399 g/mol. The third-order valence-electron chi connectivity index (χ3n) is 6.06. The molecule has 2 aromatic rings. The first-order valence-corrected chi connectivity index (χ1v) is 9.93. The zero-order chi connectivity index (χ0) is 20.4. The minimum atomic E-state index is -0.478. The van der Waals surface area contributed by atoms with Crippen LogP contribution in [0.25, 0.3) is 0 Å². The molecule has 0 aliphatic carbocycles. The second-order valence-corrected chi connectivity index (χ2v) is 7.74. The highest BCUT2D eigenvalue weighted by atomic mass is 19.1. The number of anilines is 1. The van der Waals surface area contributed by atoms with Crippen LogP contribution in [0.4, 0.5) is 10.2 Å². The number of amides is 1. The van der Waals surface area contributed by atoms with Crippen LogP contribution >= 0.6 is 0 Å². The summed E-state index contributed by atoms with van der Waals surface area (Å²) in [4.78, 5) is 21.5. The van der Waals surface area contributed by atoms with Crippen LogP contribution in [-0.2, 0) is 11.3 Å². The van der Waals surface area contributed by atoms with E-state index < -0.39 is 5.41 Å². The molecule has 2 fully saturated rings. The molecule has 0 bridgehead atoms. The van der Waals surface area contributed by atoms with E-state index in [9.17, 15) is 9.18 Å². The molecule has 154 valence electrons. The molecule has 0 saturated carbocycles. The number of halogens is 1. The summed E-state index contributed by atoms with van der Waals surface area (Å²) in [5, 5.41) is 0. The van der Waals surface area contributed by atoms with Crippen LogP contribution in [-0.4, -0.2) is 49.6 Å². The SMILES string of the molecule is COc1cccc(CN2CCC[C@@]3(CCN(c4ncccc4F)C3)C2=O)c1OC. The van der Waals surface area contributed by atoms with Crippen LogP contribution in [0.5, 0.6) is 11.5 Å². The Hall–Kier alpha value is -2.83. The maximum atomic E-state index is 14.2. The summed E-state index contributed by atoms with van der Waals surface area (Å²) >= 11 is 0. The van der Waals surface area contributed by atoms with E-state index in [1.165, 1.54) is 6.07 Å². The molecule has 2 aliphatic heterocycles. The Labute approximate surface area is 170 Å². The Morgan fingerprint density at radius 1 is 1.14 bits per heavy atom. The highest BCUT2D eigenvalue weighted by Gasteiger charge is 2.49. The van der Waals surface area contributed by atoms with E-state index in [0.29, 0.717) is 49.9 Å². The molecule has 7 heteroatoms. The molecule has 2 saturated heterocycles. The Morgan fingerprint density at radius 3 is 2.76 bits per heavy atom. The van der Waals surface area contributed by atoms with Crippen LogP contribution in [0.15, 0.2) is 36.5 Å². The predicted octanol–water partition coefficient (Wildman–Crippen LogP) is 3.26. The van der Waals surface area contributed by atoms with E-state index in [1.807, 2.05) is 28.0 Å². The van der Waals surface area contributed by atoms with Crippen LogP contribution in [0.1, 0.15) is 24.8 Å². The van der Waals surface area contributed by atoms with Gasteiger partial charge < -0.3 is 19.3 Å². The number of para-hydroxylation sites is 1. The van der Waals surface area contributed by atoms with E-state index in [-0.39, 0.29) is 11.7 Å². The fraction of sp³-hybridized carbons (Fsp3) is 0.455. The van der Waals surface area contributed by atoms with Gasteiger partial charge in [-0.3, -0.25) is 4.79 Å². The number of methoxy groups -OCH3 is 2. The number of nitrogens with zero attached hydrogens (tertiary/aromatic N) is 3. The fourth-order valence-corrected chi connectivity index (χ4v) is 4.63. The smallest absolute Gasteiger partial charge is 0.230 e. The zero-order valence-corrected chi connectivity index (χ0v) is 16.9. The van der Waals surface area contributed by atoms with E-state index in [1.54, 1.807) is 26.5 Å². The van der Waals surface area contributed by atoms with Crippen molar-refractivity contribution in [2.24, 2.45) is 5.41 Å². The van der Waals surface area contributed by atoms with Gasteiger partial charge in [0.15, 0.2) is 23.1 Å². The maximum Gasteiger partial charge on any atom is 0.230 e. The molecule has 29 heavy (non-hydrogen) atoms. The number of rotatable bonds is 5. The van der Waals surface area contributed by atoms with Crippen molar-refractivity contribution < 1.29 is 18.7 Å². The van der Waals surface area contributed by atoms with Crippen molar-refractivity contribution in [3.05, 3.63) is 47.9 Å². The zero-order valence-electron chi connectivity index (χ0n) is 16.9. The molecule has 2 aliphatic rings. The summed E-state index contributed by atoms with van der Waals surface area (Å²) in [5.41, 5.74) is 0.441. The maximum absolute atomic E-state index is 14.2. The number of pyridine rings is 1. The number of carbonyl (C=O) groups excluding carboxylic acids is 1. The van der Waals surface area contributed by atoms with E-state index in [2.05, 4.69) is 4.98 Å². The molecule has 1 spiro atoms. The van der Waals surface area contributed by atoms with E-state index in [0.717, 1.165) is 18.4 Å². The molecule has 4 rings (SSSR count). The van der Waals surface area contributed by atoms with Crippen LogP contribution in [0.2, 0.25) is 0 Å². The number of benzene rings is 1. The third kappa shape index (κ3) is 3.50. The first kappa shape index (κ1) is 19.5. The summed E-state index contributed by atoms with van der Waals surface area (Å²) in [5.74, 6) is 1.44. The third-order valence-corrected chi connectivity index (χ3v) is 6.06. The van der Waals surface area contributed by atoms with Gasteiger partial charge in [0.25, 0.3) is 0 Å². The molecular formula is C22H26FN3O3. The molecule has 6 nitrogen and oxygen atoms in total. The first-order valence-electron chi connectivity index (χ1n) is 9.93. The second-order valence-electron chi connectivity index (χ2n) is 7.74. The van der Waals surface area contributed by atoms with Crippen molar-refractivity contribution in [3.8, 4) is 11.5 Å². The van der Waals surface area contributed by atoms with Gasteiger partial charge >= 0.3 is 0 Å². The monoisotopic (exact) mass is 399 g/mol. The van der Waals surface area contributed by atoms with Gasteiger partial charge in [-0.2, -0.15) is 0 Å². The molecule has 0 N–H and O–H groups in total. The Bertz CT molecular complexity index is 907. The molecule has 1 amide bonds. The number of hydrogen-bond donors (Lipinski definition) is 0. The first-order chi connectivity index (χ1) is 14.1. The average Bonchev–Trinajstić information content (AvgIpc) is 3.16. The van der Waals surface area contributed by atoms with Crippen LogP contribution in [0, 0.1) is 11.2 Å². The normalized spacial score (nSPS) is 21.7. The van der Waals surface area contributed by atoms with Crippen molar-refractivity contribution in [1.82, 2.24) is 9.88 Å². The van der Waals surface area contributed by atoms with Gasteiger partial charge in [-0.15, -0.1) is 0 Å². The minimum absolute atomic E-state index is 0.132. The lowest BCUT2D eigenvalue weighted by molar-refractivity contribution is -0.145. The number of carbonyl (C=O) groups is 1. The molecule has 1 aromatic carbocycles. The number of likely N-dealkylation sites (tertiary alicyclic amines) is 1. The molecule has 0 radical (unpaired) electrons. The van der Waals surface area contributed by atoms with Crippen molar-refractivity contribution in [3.63, 3.8) is 0 Å². The lowest BCUT2D eigenvalue weighted by Gasteiger charge is -2.39. The molecule has 3 heterocycles. The molecule has 0 unspecified atom stereocenters. The second kappa shape index (κ2) is 7.89. The van der Waals surface area contributed by atoms with Crippen molar-refractivity contribution in [2.45, 2.75) is 25.8 Å². The highest BCUT2D eigenvalue weighted by Crippen LogP contribution is 2.42. The molecular weight excluding hydrogens is 373 g/mol. The Balaban J connectivity index is 1.54. The quantitative estimate of drug-likeness (QED) is 0.773. The highest BCUT2D eigenvalue weighted by molar-refractivity contribution is 5.85. The number of piperidine rings is 1. The van der Waals surface area contributed by atoms with Crippen LogP contribution in [0.3, 0.4) is 0 Å². The summed E-state index contributed by atoms with van der Waals surface area (Å²) in [6.45, 7) is 2.32. The predicted molar refractivity (Wildman–Crippen MR) is 108 cm³/mol. The summed E-state index contributed by atoms with van der Waals surface area (Å²) < 4.78 is 25.1. The topological polar surface area (TPSA) is 54.9 Å².